The number of hydrogen-bond donors (Lipinski definition) is 2. The zero-order valence-corrected chi connectivity index (χ0v) is 13.7. The quantitative estimate of drug-likeness (QED) is 0.903. The first-order chi connectivity index (χ1) is 10.8. The fourth-order valence-electron chi connectivity index (χ4n) is 3.31. The van der Waals surface area contributed by atoms with E-state index in [4.69, 9.17) is 16.7 Å². The molecule has 0 radical (unpaired) electrons. The molecule has 1 aromatic carbocycles. The van der Waals surface area contributed by atoms with Crippen LogP contribution in [0.3, 0.4) is 0 Å². The number of halogens is 1. The Kier molecular flexibility index (Phi) is 3.80. The van der Waals surface area contributed by atoms with Crippen molar-refractivity contribution < 1.29 is 14.7 Å². The number of amides is 1. The first kappa shape index (κ1) is 15.8. The van der Waals surface area contributed by atoms with Gasteiger partial charge in [0.1, 0.15) is 0 Å². The fourth-order valence-corrected chi connectivity index (χ4v) is 3.48. The van der Waals surface area contributed by atoms with Gasteiger partial charge in [-0.3, -0.25) is 14.7 Å². The van der Waals surface area contributed by atoms with Crippen LogP contribution in [0.2, 0.25) is 5.02 Å². The zero-order valence-electron chi connectivity index (χ0n) is 13.0. The van der Waals surface area contributed by atoms with Gasteiger partial charge in [0.2, 0.25) is 0 Å². The van der Waals surface area contributed by atoms with E-state index in [-0.39, 0.29) is 29.5 Å². The molecule has 0 saturated carbocycles. The van der Waals surface area contributed by atoms with Crippen LogP contribution in [0.15, 0.2) is 18.2 Å². The van der Waals surface area contributed by atoms with Crippen LogP contribution >= 0.6 is 11.6 Å². The lowest BCUT2D eigenvalue weighted by Gasteiger charge is -2.23. The number of aliphatic carboxylic acids is 1. The molecule has 1 fully saturated rings. The highest BCUT2D eigenvalue weighted by atomic mass is 35.5. The third-order valence-corrected chi connectivity index (χ3v) is 4.46. The molecule has 1 atom stereocenters. The summed E-state index contributed by atoms with van der Waals surface area (Å²) in [5.74, 6) is -1.16. The predicted molar refractivity (Wildman–Crippen MR) is 86.6 cm³/mol. The van der Waals surface area contributed by atoms with Crippen LogP contribution in [0, 0.1) is 5.41 Å². The van der Waals surface area contributed by atoms with E-state index in [2.05, 4.69) is 10.2 Å². The van der Waals surface area contributed by atoms with Gasteiger partial charge in [-0.15, -0.1) is 0 Å². The second-order valence-electron chi connectivity index (χ2n) is 6.82. The van der Waals surface area contributed by atoms with E-state index < -0.39 is 5.97 Å². The van der Waals surface area contributed by atoms with Crippen LogP contribution in [0.1, 0.15) is 37.2 Å². The van der Waals surface area contributed by atoms with E-state index >= 15 is 0 Å². The molecule has 2 heterocycles. The number of rotatable bonds is 3. The maximum Gasteiger partial charge on any atom is 0.305 e. The summed E-state index contributed by atoms with van der Waals surface area (Å²) in [5.41, 5.74) is 0.904. The van der Waals surface area contributed by atoms with Crippen molar-refractivity contribution in [1.82, 2.24) is 15.1 Å². The van der Waals surface area contributed by atoms with Crippen LogP contribution in [-0.2, 0) is 4.79 Å². The van der Waals surface area contributed by atoms with Gasteiger partial charge in [0, 0.05) is 23.0 Å². The SMILES string of the molecule is CC1(C)CC(CC(=O)O)N(C(=O)c2n[nH]c3ccc(Cl)cc23)C1. The Hall–Kier alpha value is -2.08. The van der Waals surface area contributed by atoms with Crippen LogP contribution in [0.25, 0.3) is 10.9 Å². The number of benzene rings is 1. The number of aromatic amines is 1. The summed E-state index contributed by atoms with van der Waals surface area (Å²) in [7, 11) is 0. The Morgan fingerprint density at radius 2 is 2.22 bits per heavy atom. The van der Waals surface area contributed by atoms with Gasteiger partial charge in [-0.05, 0) is 30.0 Å². The van der Waals surface area contributed by atoms with Crippen molar-refractivity contribution >= 4 is 34.4 Å². The summed E-state index contributed by atoms with van der Waals surface area (Å²) in [6, 6.07) is 4.87. The first-order valence-electron chi connectivity index (χ1n) is 7.43. The maximum atomic E-state index is 12.9. The lowest BCUT2D eigenvalue weighted by Crippen LogP contribution is -2.37. The van der Waals surface area contributed by atoms with Crippen molar-refractivity contribution in [3.05, 3.63) is 28.9 Å². The lowest BCUT2D eigenvalue weighted by molar-refractivity contribution is -0.137. The molecule has 3 rings (SSSR count). The van der Waals surface area contributed by atoms with Crippen LogP contribution in [-0.4, -0.2) is 44.7 Å². The molecule has 1 amide bonds. The number of hydrogen-bond acceptors (Lipinski definition) is 3. The largest absolute Gasteiger partial charge is 0.481 e. The van der Waals surface area contributed by atoms with Crippen molar-refractivity contribution in [3.8, 4) is 0 Å². The zero-order chi connectivity index (χ0) is 16.8. The summed E-state index contributed by atoms with van der Waals surface area (Å²) < 4.78 is 0. The highest BCUT2D eigenvalue weighted by Crippen LogP contribution is 2.36. The number of likely N-dealkylation sites (tertiary alicyclic amines) is 1. The van der Waals surface area contributed by atoms with Gasteiger partial charge in [-0.2, -0.15) is 5.10 Å². The van der Waals surface area contributed by atoms with Crippen molar-refractivity contribution in [2.24, 2.45) is 5.41 Å². The number of carboxylic acids is 1. The molecule has 7 heteroatoms. The molecule has 2 aromatic rings. The maximum absolute atomic E-state index is 12.9. The number of aromatic nitrogens is 2. The number of carbonyl (C=O) groups excluding carboxylic acids is 1. The van der Waals surface area contributed by atoms with Crippen LogP contribution < -0.4 is 0 Å². The topological polar surface area (TPSA) is 86.3 Å². The van der Waals surface area contributed by atoms with Gasteiger partial charge in [-0.25, -0.2) is 0 Å². The molecule has 0 bridgehead atoms. The van der Waals surface area contributed by atoms with E-state index in [1.807, 2.05) is 13.8 Å². The standard InChI is InChI=1S/C16H18ClN3O3/c1-16(2)7-10(6-13(21)22)20(8-16)15(23)14-11-5-9(17)3-4-12(11)18-19-14/h3-5,10H,6-8H2,1-2H3,(H,18,19)(H,21,22). The highest BCUT2D eigenvalue weighted by molar-refractivity contribution is 6.31. The number of carboxylic acid groups (broad SMARTS) is 1. The number of nitrogens with one attached hydrogen (secondary N) is 1. The monoisotopic (exact) mass is 335 g/mol. The Balaban J connectivity index is 1.96. The summed E-state index contributed by atoms with van der Waals surface area (Å²) >= 11 is 6.01. The van der Waals surface area contributed by atoms with E-state index in [0.29, 0.717) is 23.4 Å². The smallest absolute Gasteiger partial charge is 0.305 e. The Morgan fingerprint density at radius 1 is 1.48 bits per heavy atom. The summed E-state index contributed by atoms with van der Waals surface area (Å²) in [6.07, 6.45) is 0.604. The fraction of sp³-hybridized carbons (Fsp3) is 0.438. The van der Waals surface area contributed by atoms with Gasteiger partial charge >= 0.3 is 5.97 Å². The minimum Gasteiger partial charge on any atom is -0.481 e. The number of nitrogens with zero attached hydrogens (tertiary/aromatic N) is 2. The van der Waals surface area contributed by atoms with Crippen molar-refractivity contribution in [1.29, 1.82) is 0 Å². The minimum atomic E-state index is -0.902. The number of carbonyl (C=O) groups is 2. The summed E-state index contributed by atoms with van der Waals surface area (Å²) in [5, 5.41) is 17.2. The average Bonchev–Trinajstić information content (AvgIpc) is 2.97. The molecule has 1 aliphatic rings. The van der Waals surface area contributed by atoms with Crippen molar-refractivity contribution in [2.75, 3.05) is 6.54 Å². The number of H-pyrrole nitrogens is 1. The molecule has 2 N–H and O–H groups in total. The molecule has 23 heavy (non-hydrogen) atoms. The van der Waals surface area contributed by atoms with E-state index in [1.165, 1.54) is 0 Å². The third kappa shape index (κ3) is 3.03. The van der Waals surface area contributed by atoms with Gasteiger partial charge in [-0.1, -0.05) is 25.4 Å². The predicted octanol–water partition coefficient (Wildman–Crippen LogP) is 2.93. The van der Waals surface area contributed by atoms with E-state index in [1.54, 1.807) is 23.1 Å². The highest BCUT2D eigenvalue weighted by Gasteiger charge is 2.41. The van der Waals surface area contributed by atoms with Gasteiger partial charge in [0.05, 0.1) is 11.9 Å². The van der Waals surface area contributed by atoms with Crippen molar-refractivity contribution in [3.63, 3.8) is 0 Å². The van der Waals surface area contributed by atoms with Gasteiger partial charge in [0.15, 0.2) is 5.69 Å². The molecule has 1 saturated heterocycles. The second-order valence-corrected chi connectivity index (χ2v) is 7.25. The Labute approximate surface area is 138 Å². The normalized spacial score (nSPS) is 20.1. The lowest BCUT2D eigenvalue weighted by atomic mass is 9.90. The van der Waals surface area contributed by atoms with Crippen LogP contribution in [0.4, 0.5) is 0 Å². The summed E-state index contributed by atoms with van der Waals surface area (Å²) in [6.45, 7) is 4.59. The third-order valence-electron chi connectivity index (χ3n) is 4.23. The molecular formula is C16H18ClN3O3. The molecule has 122 valence electrons. The van der Waals surface area contributed by atoms with E-state index in [0.717, 1.165) is 5.52 Å². The second kappa shape index (κ2) is 5.53. The van der Waals surface area contributed by atoms with Crippen LogP contribution in [0.5, 0.6) is 0 Å². The van der Waals surface area contributed by atoms with Gasteiger partial charge in [0.25, 0.3) is 5.91 Å². The van der Waals surface area contributed by atoms with E-state index in [9.17, 15) is 9.59 Å². The number of fused-ring (bicyclic) bond motifs is 1. The Bertz CT molecular complexity index is 784. The van der Waals surface area contributed by atoms with Crippen molar-refractivity contribution in [2.45, 2.75) is 32.7 Å². The molecule has 0 aliphatic carbocycles. The first-order valence-corrected chi connectivity index (χ1v) is 7.81. The molecule has 0 spiro atoms. The summed E-state index contributed by atoms with van der Waals surface area (Å²) in [4.78, 5) is 25.7. The molecule has 1 unspecified atom stereocenters. The van der Waals surface area contributed by atoms with Gasteiger partial charge < -0.3 is 10.0 Å². The molecule has 6 nitrogen and oxygen atoms in total. The minimum absolute atomic E-state index is 0.0573. The molecule has 1 aromatic heterocycles. The molecular weight excluding hydrogens is 318 g/mol. The molecule has 1 aliphatic heterocycles. The average molecular weight is 336 g/mol. The Morgan fingerprint density at radius 3 is 2.91 bits per heavy atom.